The Morgan fingerprint density at radius 3 is 2.63 bits per heavy atom. The third-order valence-corrected chi connectivity index (χ3v) is 4.86. The number of hydrogen-bond donors (Lipinski definition) is 1. The van der Waals surface area contributed by atoms with Crippen LogP contribution in [0, 0.1) is 0 Å². The molecule has 0 unspecified atom stereocenters. The van der Waals surface area contributed by atoms with E-state index in [0.29, 0.717) is 5.88 Å². The Hall–Kier alpha value is -2.67. The minimum Gasteiger partial charge on any atom is -0.481 e. The summed E-state index contributed by atoms with van der Waals surface area (Å²) >= 11 is 0. The largest absolute Gasteiger partial charge is 0.481 e. The number of rotatable bonds is 3. The monoisotopic (exact) mass is 366 g/mol. The van der Waals surface area contributed by atoms with Gasteiger partial charge in [0.25, 0.3) is 0 Å². The summed E-state index contributed by atoms with van der Waals surface area (Å²) < 4.78 is 7.41. The van der Waals surface area contributed by atoms with E-state index in [1.54, 1.807) is 13.3 Å². The van der Waals surface area contributed by atoms with Gasteiger partial charge in [0.15, 0.2) is 5.65 Å². The van der Waals surface area contributed by atoms with Crippen LogP contribution in [0.4, 0.5) is 5.82 Å². The number of nitrogens with zero attached hydrogens (tertiary/aromatic N) is 5. The molecular weight excluding hydrogens is 340 g/mol. The lowest BCUT2D eigenvalue weighted by Gasteiger charge is -2.28. The van der Waals surface area contributed by atoms with Gasteiger partial charge in [-0.1, -0.05) is 20.8 Å². The molecular formula is C20H26N6O. The first kappa shape index (κ1) is 17.7. The van der Waals surface area contributed by atoms with Crippen molar-refractivity contribution in [3.05, 3.63) is 36.3 Å². The van der Waals surface area contributed by atoms with E-state index < -0.39 is 0 Å². The summed E-state index contributed by atoms with van der Waals surface area (Å²) in [5.41, 5.74) is 3.59. The second-order valence-electron chi connectivity index (χ2n) is 7.82. The normalized spacial score (nSPS) is 15.3. The minimum absolute atomic E-state index is 0.140. The molecule has 7 heteroatoms. The average molecular weight is 366 g/mol. The van der Waals surface area contributed by atoms with Crippen LogP contribution in [0.15, 0.2) is 30.6 Å². The summed E-state index contributed by atoms with van der Waals surface area (Å²) in [6.45, 7) is 10.4. The molecule has 7 nitrogen and oxygen atoms in total. The van der Waals surface area contributed by atoms with Gasteiger partial charge in [-0.25, -0.2) is 14.5 Å². The van der Waals surface area contributed by atoms with Crippen molar-refractivity contribution in [2.75, 3.05) is 38.2 Å². The summed E-state index contributed by atoms with van der Waals surface area (Å²) in [4.78, 5) is 11.7. The molecule has 0 saturated carbocycles. The number of fused-ring (bicyclic) bond motifs is 1. The maximum Gasteiger partial charge on any atom is 0.221 e. The molecule has 0 spiro atoms. The minimum atomic E-state index is -0.140. The molecule has 0 aromatic carbocycles. The van der Waals surface area contributed by atoms with Gasteiger partial charge < -0.3 is 15.0 Å². The summed E-state index contributed by atoms with van der Waals surface area (Å²) in [5.74, 6) is 1.57. The molecule has 0 aliphatic carbocycles. The highest BCUT2D eigenvalue weighted by Gasteiger charge is 2.28. The van der Waals surface area contributed by atoms with Crippen molar-refractivity contribution < 1.29 is 4.74 Å². The zero-order chi connectivity index (χ0) is 19.0. The fraction of sp³-hybridized carbons (Fsp3) is 0.450. The van der Waals surface area contributed by atoms with Gasteiger partial charge in [0.1, 0.15) is 5.82 Å². The molecule has 1 aliphatic rings. The fourth-order valence-corrected chi connectivity index (χ4v) is 3.51. The summed E-state index contributed by atoms with van der Waals surface area (Å²) in [6, 6.07) is 5.99. The van der Waals surface area contributed by atoms with E-state index in [1.165, 1.54) is 0 Å². The van der Waals surface area contributed by atoms with Crippen molar-refractivity contribution in [3.63, 3.8) is 0 Å². The number of hydrogen-bond acceptors (Lipinski definition) is 6. The molecule has 142 valence electrons. The fourth-order valence-electron chi connectivity index (χ4n) is 3.51. The zero-order valence-corrected chi connectivity index (χ0v) is 16.4. The van der Waals surface area contributed by atoms with Gasteiger partial charge in [-0.15, -0.1) is 0 Å². The predicted molar refractivity (Wildman–Crippen MR) is 107 cm³/mol. The molecule has 1 fully saturated rings. The van der Waals surface area contributed by atoms with Gasteiger partial charge in [-0.05, 0) is 18.2 Å². The van der Waals surface area contributed by atoms with Crippen LogP contribution in [-0.2, 0) is 5.41 Å². The first-order valence-corrected chi connectivity index (χ1v) is 9.34. The Kier molecular flexibility index (Phi) is 4.47. The van der Waals surface area contributed by atoms with Crippen LogP contribution >= 0.6 is 0 Å². The average Bonchev–Trinajstić information content (AvgIpc) is 3.07. The highest BCUT2D eigenvalue weighted by atomic mass is 16.5. The smallest absolute Gasteiger partial charge is 0.221 e. The third-order valence-electron chi connectivity index (χ3n) is 4.86. The van der Waals surface area contributed by atoms with Gasteiger partial charge in [0.05, 0.1) is 18.4 Å². The molecule has 0 bridgehead atoms. The van der Waals surface area contributed by atoms with Crippen LogP contribution < -0.4 is 15.0 Å². The summed E-state index contributed by atoms with van der Waals surface area (Å²) in [6.07, 6.45) is 3.74. The van der Waals surface area contributed by atoms with E-state index in [-0.39, 0.29) is 5.41 Å². The summed E-state index contributed by atoms with van der Waals surface area (Å²) in [5, 5.41) is 8.25. The molecule has 1 N–H and O–H groups in total. The lowest BCUT2D eigenvalue weighted by Crippen LogP contribution is -2.43. The number of pyridine rings is 1. The summed E-state index contributed by atoms with van der Waals surface area (Å²) in [7, 11) is 1.65. The highest BCUT2D eigenvalue weighted by molar-refractivity contribution is 5.84. The van der Waals surface area contributed by atoms with E-state index in [9.17, 15) is 0 Å². The van der Waals surface area contributed by atoms with E-state index >= 15 is 0 Å². The topological polar surface area (TPSA) is 67.6 Å². The predicted octanol–water partition coefficient (Wildman–Crippen LogP) is 2.51. The lowest BCUT2D eigenvalue weighted by atomic mass is 9.87. The van der Waals surface area contributed by atoms with Crippen molar-refractivity contribution in [1.82, 2.24) is 24.9 Å². The maximum absolute atomic E-state index is 5.54. The molecule has 0 radical (unpaired) electrons. The molecule has 3 aromatic heterocycles. The standard InChI is InChI=1S/C20H26N6O/c1-20(2,3)17-16(14-6-5-8-22-19(14)27-4)18-23-15(7-11-26(18)24-17)25-12-9-21-10-13-25/h5-8,11,21H,9-10,12-13H2,1-4H3. The van der Waals surface area contributed by atoms with Gasteiger partial charge in [0, 0.05) is 49.6 Å². The zero-order valence-electron chi connectivity index (χ0n) is 16.4. The number of methoxy groups -OCH3 is 1. The van der Waals surface area contributed by atoms with Crippen LogP contribution in [0.2, 0.25) is 0 Å². The van der Waals surface area contributed by atoms with E-state index in [0.717, 1.165) is 54.5 Å². The third kappa shape index (κ3) is 3.23. The number of anilines is 1. The van der Waals surface area contributed by atoms with Gasteiger partial charge in [-0.2, -0.15) is 5.10 Å². The van der Waals surface area contributed by atoms with E-state index in [2.05, 4.69) is 36.0 Å². The molecule has 4 rings (SSSR count). The number of aromatic nitrogens is 4. The molecule has 1 aliphatic heterocycles. The molecule has 4 heterocycles. The van der Waals surface area contributed by atoms with Crippen molar-refractivity contribution in [3.8, 4) is 17.0 Å². The Labute approximate surface area is 159 Å². The quantitative estimate of drug-likeness (QED) is 0.768. The van der Waals surface area contributed by atoms with Crippen molar-refractivity contribution in [1.29, 1.82) is 0 Å². The lowest BCUT2D eigenvalue weighted by molar-refractivity contribution is 0.399. The van der Waals surface area contributed by atoms with Crippen LogP contribution in [0.3, 0.4) is 0 Å². The number of nitrogens with one attached hydrogen (secondary N) is 1. The Bertz CT molecular complexity index is 953. The van der Waals surface area contributed by atoms with Gasteiger partial charge in [-0.3, -0.25) is 0 Å². The Morgan fingerprint density at radius 2 is 1.93 bits per heavy atom. The molecule has 3 aromatic rings. The molecule has 0 atom stereocenters. The highest BCUT2D eigenvalue weighted by Crippen LogP contribution is 2.38. The maximum atomic E-state index is 5.54. The van der Waals surface area contributed by atoms with Crippen LogP contribution in [0.25, 0.3) is 16.8 Å². The van der Waals surface area contributed by atoms with Crippen molar-refractivity contribution >= 4 is 11.5 Å². The molecule has 27 heavy (non-hydrogen) atoms. The number of ether oxygens (including phenoxy) is 1. The van der Waals surface area contributed by atoms with Crippen LogP contribution in [0.5, 0.6) is 5.88 Å². The van der Waals surface area contributed by atoms with E-state index in [1.807, 2.05) is 28.9 Å². The molecule has 1 saturated heterocycles. The first-order chi connectivity index (χ1) is 13.0. The Balaban J connectivity index is 1.95. The Morgan fingerprint density at radius 1 is 1.15 bits per heavy atom. The van der Waals surface area contributed by atoms with Crippen LogP contribution in [0.1, 0.15) is 26.5 Å². The second-order valence-corrected chi connectivity index (χ2v) is 7.82. The SMILES string of the molecule is COc1ncccc1-c1c(C(C)(C)C)nn2ccc(N3CCNCC3)nc12. The molecule has 0 amide bonds. The first-order valence-electron chi connectivity index (χ1n) is 9.34. The van der Waals surface area contributed by atoms with Crippen molar-refractivity contribution in [2.45, 2.75) is 26.2 Å². The van der Waals surface area contributed by atoms with Gasteiger partial charge in [0.2, 0.25) is 5.88 Å². The number of piperazine rings is 1. The van der Waals surface area contributed by atoms with Crippen molar-refractivity contribution in [2.24, 2.45) is 0 Å². The van der Waals surface area contributed by atoms with Gasteiger partial charge >= 0.3 is 0 Å². The van der Waals surface area contributed by atoms with E-state index in [4.69, 9.17) is 14.8 Å². The second kappa shape index (κ2) is 6.81. The van der Waals surface area contributed by atoms with Crippen LogP contribution in [-0.4, -0.2) is 52.9 Å².